The Labute approximate surface area is 130 Å². The summed E-state index contributed by atoms with van der Waals surface area (Å²) >= 11 is 1.39. The highest BCUT2D eigenvalue weighted by Crippen LogP contribution is 2.23. The van der Waals surface area contributed by atoms with E-state index in [1.54, 1.807) is 42.0 Å². The van der Waals surface area contributed by atoms with Crippen LogP contribution in [0.25, 0.3) is 10.6 Å². The molecule has 6 heteroatoms. The Morgan fingerprint density at radius 1 is 1.23 bits per heavy atom. The number of nitrogens with zero attached hydrogens (tertiary/aromatic N) is 3. The maximum Gasteiger partial charge on any atom is 0.275 e. The second-order valence-corrected chi connectivity index (χ2v) is 5.28. The SMILES string of the molecule is N#Cc1ccc(NC(=O)c2csc(-c3cccnc3)n2)cc1. The Bertz CT molecular complexity index is 835. The number of anilines is 1. The van der Waals surface area contributed by atoms with Crippen LogP contribution in [0.3, 0.4) is 0 Å². The fraction of sp³-hybridized carbons (Fsp3) is 0. The molecule has 0 spiro atoms. The lowest BCUT2D eigenvalue weighted by molar-refractivity contribution is 0.102. The predicted octanol–water partition coefficient (Wildman–Crippen LogP) is 3.33. The number of thiazole rings is 1. The first-order valence-corrected chi connectivity index (χ1v) is 7.31. The van der Waals surface area contributed by atoms with Crippen LogP contribution in [0.15, 0.2) is 54.2 Å². The first kappa shape index (κ1) is 13.9. The molecule has 0 fully saturated rings. The number of hydrogen-bond acceptors (Lipinski definition) is 5. The van der Waals surface area contributed by atoms with Gasteiger partial charge in [-0.15, -0.1) is 11.3 Å². The molecule has 22 heavy (non-hydrogen) atoms. The molecule has 1 aromatic carbocycles. The summed E-state index contributed by atoms with van der Waals surface area (Å²) in [6.07, 6.45) is 3.40. The highest BCUT2D eigenvalue weighted by Gasteiger charge is 2.12. The molecule has 0 aliphatic rings. The number of rotatable bonds is 3. The quantitative estimate of drug-likeness (QED) is 0.805. The number of nitrogens with one attached hydrogen (secondary N) is 1. The molecule has 0 saturated carbocycles. The first-order chi connectivity index (χ1) is 10.8. The minimum Gasteiger partial charge on any atom is -0.321 e. The monoisotopic (exact) mass is 306 g/mol. The molecule has 0 bridgehead atoms. The molecule has 0 aliphatic carbocycles. The minimum absolute atomic E-state index is 0.281. The van der Waals surface area contributed by atoms with E-state index in [9.17, 15) is 4.79 Å². The van der Waals surface area contributed by atoms with Crippen molar-refractivity contribution < 1.29 is 4.79 Å². The number of pyridine rings is 1. The second kappa shape index (κ2) is 6.16. The normalized spacial score (nSPS) is 9.95. The first-order valence-electron chi connectivity index (χ1n) is 6.44. The average Bonchev–Trinajstić information content (AvgIpc) is 3.06. The van der Waals surface area contributed by atoms with E-state index in [2.05, 4.69) is 15.3 Å². The largest absolute Gasteiger partial charge is 0.321 e. The van der Waals surface area contributed by atoms with Crippen molar-refractivity contribution in [2.45, 2.75) is 0 Å². The molecular weight excluding hydrogens is 296 g/mol. The number of carbonyl (C=O) groups is 1. The summed E-state index contributed by atoms with van der Waals surface area (Å²) in [5.41, 5.74) is 2.41. The van der Waals surface area contributed by atoms with Gasteiger partial charge in [-0.3, -0.25) is 9.78 Å². The Hall–Kier alpha value is -3.04. The molecule has 0 saturated heterocycles. The third kappa shape index (κ3) is 3.00. The summed E-state index contributed by atoms with van der Waals surface area (Å²) in [5, 5.41) is 14.0. The van der Waals surface area contributed by atoms with Crippen molar-refractivity contribution in [3.8, 4) is 16.6 Å². The molecule has 1 N–H and O–H groups in total. The zero-order chi connectivity index (χ0) is 15.4. The Kier molecular flexibility index (Phi) is 3.90. The van der Waals surface area contributed by atoms with Crippen LogP contribution < -0.4 is 5.32 Å². The van der Waals surface area contributed by atoms with Crippen molar-refractivity contribution in [2.24, 2.45) is 0 Å². The van der Waals surface area contributed by atoms with Crippen LogP contribution >= 0.6 is 11.3 Å². The van der Waals surface area contributed by atoms with Crippen LogP contribution in [0.2, 0.25) is 0 Å². The third-order valence-electron chi connectivity index (χ3n) is 2.92. The molecule has 106 valence electrons. The number of aromatic nitrogens is 2. The van der Waals surface area contributed by atoms with E-state index < -0.39 is 0 Å². The Morgan fingerprint density at radius 3 is 2.73 bits per heavy atom. The van der Waals surface area contributed by atoms with Crippen molar-refractivity contribution >= 4 is 22.9 Å². The smallest absolute Gasteiger partial charge is 0.275 e. The summed E-state index contributed by atoms with van der Waals surface area (Å²) in [6.45, 7) is 0. The maximum absolute atomic E-state index is 12.2. The van der Waals surface area contributed by atoms with E-state index in [0.717, 1.165) is 10.6 Å². The van der Waals surface area contributed by atoms with Crippen LogP contribution in [0.5, 0.6) is 0 Å². The topological polar surface area (TPSA) is 78.7 Å². The molecule has 3 rings (SSSR count). The van der Waals surface area contributed by atoms with Gasteiger partial charge in [0.2, 0.25) is 0 Å². The lowest BCUT2D eigenvalue weighted by Gasteiger charge is -2.02. The van der Waals surface area contributed by atoms with Gasteiger partial charge in [0.1, 0.15) is 10.7 Å². The maximum atomic E-state index is 12.2. The molecule has 0 atom stereocenters. The van der Waals surface area contributed by atoms with Gasteiger partial charge in [-0.2, -0.15) is 5.26 Å². The lowest BCUT2D eigenvalue weighted by atomic mass is 10.2. The average molecular weight is 306 g/mol. The van der Waals surface area contributed by atoms with Gasteiger partial charge in [-0.1, -0.05) is 0 Å². The van der Waals surface area contributed by atoms with Gasteiger partial charge < -0.3 is 5.32 Å². The molecule has 2 aromatic heterocycles. The van der Waals surface area contributed by atoms with Crippen LogP contribution in [-0.4, -0.2) is 15.9 Å². The van der Waals surface area contributed by atoms with E-state index in [1.165, 1.54) is 11.3 Å². The molecule has 5 nitrogen and oxygen atoms in total. The van der Waals surface area contributed by atoms with E-state index >= 15 is 0 Å². The van der Waals surface area contributed by atoms with Gasteiger partial charge in [-0.05, 0) is 36.4 Å². The lowest BCUT2D eigenvalue weighted by Crippen LogP contribution is -2.12. The van der Waals surface area contributed by atoms with Crippen molar-refractivity contribution in [3.05, 3.63) is 65.4 Å². The van der Waals surface area contributed by atoms with Crippen LogP contribution in [0, 0.1) is 11.3 Å². The van der Waals surface area contributed by atoms with Gasteiger partial charge in [0.15, 0.2) is 0 Å². The summed E-state index contributed by atoms with van der Waals surface area (Å²) < 4.78 is 0. The summed E-state index contributed by atoms with van der Waals surface area (Å²) in [4.78, 5) is 20.5. The standard InChI is InChI=1S/C16H10N4OS/c17-8-11-3-5-13(6-4-11)19-15(21)14-10-22-16(20-14)12-2-1-7-18-9-12/h1-7,9-10H,(H,19,21). The van der Waals surface area contributed by atoms with E-state index in [4.69, 9.17) is 5.26 Å². The molecule has 0 aliphatic heterocycles. The van der Waals surface area contributed by atoms with Gasteiger partial charge in [0.25, 0.3) is 5.91 Å². The number of carbonyl (C=O) groups excluding carboxylic acids is 1. The van der Waals surface area contributed by atoms with E-state index in [0.29, 0.717) is 16.9 Å². The van der Waals surface area contributed by atoms with E-state index in [-0.39, 0.29) is 5.91 Å². The highest BCUT2D eigenvalue weighted by atomic mass is 32.1. The molecular formula is C16H10N4OS. The molecule has 1 amide bonds. The predicted molar refractivity (Wildman–Crippen MR) is 84.5 cm³/mol. The fourth-order valence-corrected chi connectivity index (χ4v) is 2.61. The van der Waals surface area contributed by atoms with Gasteiger partial charge >= 0.3 is 0 Å². The zero-order valence-corrected chi connectivity index (χ0v) is 12.2. The van der Waals surface area contributed by atoms with Gasteiger partial charge in [-0.25, -0.2) is 4.98 Å². The van der Waals surface area contributed by atoms with Gasteiger partial charge in [0, 0.05) is 29.0 Å². The summed E-state index contributed by atoms with van der Waals surface area (Å²) in [5.74, 6) is -0.281. The Morgan fingerprint density at radius 2 is 2.05 bits per heavy atom. The number of hydrogen-bond donors (Lipinski definition) is 1. The molecule has 3 aromatic rings. The molecule has 0 unspecified atom stereocenters. The summed E-state index contributed by atoms with van der Waals surface area (Å²) in [6, 6.07) is 12.4. The summed E-state index contributed by atoms with van der Waals surface area (Å²) in [7, 11) is 0. The van der Waals surface area contributed by atoms with Gasteiger partial charge in [0.05, 0.1) is 11.6 Å². The third-order valence-corrected chi connectivity index (χ3v) is 3.81. The number of nitriles is 1. The van der Waals surface area contributed by atoms with Crippen LogP contribution in [0.1, 0.15) is 16.1 Å². The molecule has 2 heterocycles. The van der Waals surface area contributed by atoms with Crippen molar-refractivity contribution in [1.29, 1.82) is 5.26 Å². The van der Waals surface area contributed by atoms with Crippen molar-refractivity contribution in [3.63, 3.8) is 0 Å². The van der Waals surface area contributed by atoms with Crippen molar-refractivity contribution in [2.75, 3.05) is 5.32 Å². The highest BCUT2D eigenvalue weighted by molar-refractivity contribution is 7.13. The fourth-order valence-electron chi connectivity index (χ4n) is 1.82. The second-order valence-electron chi connectivity index (χ2n) is 4.42. The number of benzene rings is 1. The Balaban J connectivity index is 1.75. The van der Waals surface area contributed by atoms with E-state index in [1.807, 2.05) is 18.2 Å². The minimum atomic E-state index is -0.281. The van der Waals surface area contributed by atoms with Crippen LogP contribution in [-0.2, 0) is 0 Å². The zero-order valence-electron chi connectivity index (χ0n) is 11.4. The van der Waals surface area contributed by atoms with Crippen LogP contribution in [0.4, 0.5) is 5.69 Å². The molecule has 0 radical (unpaired) electrons. The van der Waals surface area contributed by atoms with Crippen molar-refractivity contribution in [1.82, 2.24) is 9.97 Å². The number of amides is 1.